The number of halogens is 1. The minimum Gasteiger partial charge on any atom is -0.494 e. The van der Waals surface area contributed by atoms with Gasteiger partial charge < -0.3 is 9.64 Å². The molecule has 0 saturated carbocycles. The zero-order valence-corrected chi connectivity index (χ0v) is 19.3. The summed E-state index contributed by atoms with van der Waals surface area (Å²) in [4.78, 5) is 21.9. The van der Waals surface area contributed by atoms with Gasteiger partial charge in [-0.25, -0.2) is 4.98 Å². The van der Waals surface area contributed by atoms with Crippen LogP contribution in [0.2, 0.25) is 5.02 Å². The Labute approximate surface area is 187 Å². The van der Waals surface area contributed by atoms with Crippen molar-refractivity contribution in [1.82, 2.24) is 9.88 Å². The Kier molecular flexibility index (Phi) is 8.08. The third-order valence-corrected chi connectivity index (χ3v) is 5.95. The maximum Gasteiger partial charge on any atom is 0.260 e. The summed E-state index contributed by atoms with van der Waals surface area (Å²) in [5.74, 6) is 0.729. The molecule has 0 N–H and O–H groups in total. The Bertz CT molecular complexity index is 972. The van der Waals surface area contributed by atoms with Gasteiger partial charge in [-0.05, 0) is 75.9 Å². The zero-order valence-electron chi connectivity index (χ0n) is 17.7. The van der Waals surface area contributed by atoms with Crippen molar-refractivity contribution in [2.24, 2.45) is 0 Å². The summed E-state index contributed by atoms with van der Waals surface area (Å²) in [7, 11) is 4.06. The topological polar surface area (TPSA) is 45.7 Å². The van der Waals surface area contributed by atoms with Crippen LogP contribution >= 0.6 is 22.9 Å². The van der Waals surface area contributed by atoms with E-state index in [-0.39, 0.29) is 5.91 Å². The Hall–Kier alpha value is -2.15. The van der Waals surface area contributed by atoms with E-state index in [1.165, 1.54) is 11.3 Å². The number of anilines is 1. The van der Waals surface area contributed by atoms with Gasteiger partial charge in [-0.2, -0.15) is 0 Å². The second-order valence-electron chi connectivity index (χ2n) is 7.45. The zero-order chi connectivity index (χ0) is 21.5. The summed E-state index contributed by atoms with van der Waals surface area (Å²) >= 11 is 7.61. The van der Waals surface area contributed by atoms with Crippen LogP contribution in [0.1, 0.15) is 36.5 Å². The number of aromatic nitrogens is 1. The average Bonchev–Trinajstić information content (AvgIpc) is 3.14. The molecule has 0 atom stereocenters. The molecule has 1 heterocycles. The van der Waals surface area contributed by atoms with Crippen LogP contribution in [0, 0.1) is 0 Å². The summed E-state index contributed by atoms with van der Waals surface area (Å²) in [6.45, 7) is 4.31. The SMILES string of the molecule is CCCCOc1ccc(C(=O)N(CCCN(C)C)c2nc3ccc(Cl)cc3s2)cc1. The first-order chi connectivity index (χ1) is 14.5. The summed E-state index contributed by atoms with van der Waals surface area (Å²) in [6, 6.07) is 13.0. The van der Waals surface area contributed by atoms with Crippen LogP contribution in [-0.4, -0.2) is 49.6 Å². The van der Waals surface area contributed by atoms with Crippen molar-refractivity contribution in [3.63, 3.8) is 0 Å². The average molecular weight is 446 g/mol. The summed E-state index contributed by atoms with van der Waals surface area (Å²) < 4.78 is 6.69. The van der Waals surface area contributed by atoms with Crippen molar-refractivity contribution in [3.8, 4) is 5.75 Å². The highest BCUT2D eigenvalue weighted by atomic mass is 35.5. The second-order valence-corrected chi connectivity index (χ2v) is 8.89. The second kappa shape index (κ2) is 10.8. The number of hydrogen-bond donors (Lipinski definition) is 0. The fraction of sp³-hybridized carbons (Fsp3) is 0.391. The highest BCUT2D eigenvalue weighted by molar-refractivity contribution is 7.22. The van der Waals surface area contributed by atoms with Crippen molar-refractivity contribution < 1.29 is 9.53 Å². The maximum absolute atomic E-state index is 13.3. The normalized spacial score (nSPS) is 11.2. The Morgan fingerprint density at radius 3 is 2.57 bits per heavy atom. The number of ether oxygens (including phenoxy) is 1. The number of carbonyl (C=O) groups is 1. The van der Waals surface area contributed by atoms with E-state index in [0.29, 0.717) is 28.9 Å². The van der Waals surface area contributed by atoms with Crippen LogP contribution in [0.3, 0.4) is 0 Å². The summed E-state index contributed by atoms with van der Waals surface area (Å²) in [5.41, 5.74) is 1.48. The number of nitrogens with zero attached hydrogens (tertiary/aromatic N) is 3. The lowest BCUT2D eigenvalue weighted by atomic mass is 10.2. The van der Waals surface area contributed by atoms with E-state index in [9.17, 15) is 4.79 Å². The number of carbonyl (C=O) groups excluding carboxylic acids is 1. The number of amides is 1. The van der Waals surface area contributed by atoms with Crippen LogP contribution in [0.15, 0.2) is 42.5 Å². The lowest BCUT2D eigenvalue weighted by Crippen LogP contribution is -2.33. The molecule has 0 bridgehead atoms. The first-order valence-corrected chi connectivity index (χ1v) is 11.4. The van der Waals surface area contributed by atoms with Gasteiger partial charge in [-0.3, -0.25) is 9.69 Å². The van der Waals surface area contributed by atoms with Crippen LogP contribution < -0.4 is 9.64 Å². The monoisotopic (exact) mass is 445 g/mol. The smallest absolute Gasteiger partial charge is 0.260 e. The van der Waals surface area contributed by atoms with Crippen molar-refractivity contribution in [2.45, 2.75) is 26.2 Å². The Morgan fingerprint density at radius 2 is 1.87 bits per heavy atom. The molecule has 30 heavy (non-hydrogen) atoms. The van der Waals surface area contributed by atoms with Crippen LogP contribution in [-0.2, 0) is 0 Å². The molecule has 2 aromatic carbocycles. The molecule has 0 fully saturated rings. The molecule has 0 aliphatic carbocycles. The Balaban J connectivity index is 1.82. The minimum atomic E-state index is -0.0565. The molecule has 0 unspecified atom stereocenters. The molecule has 0 aliphatic rings. The lowest BCUT2D eigenvalue weighted by molar-refractivity contribution is 0.0986. The maximum atomic E-state index is 13.3. The van der Waals surface area contributed by atoms with E-state index in [1.807, 2.05) is 56.6 Å². The highest BCUT2D eigenvalue weighted by Gasteiger charge is 2.21. The van der Waals surface area contributed by atoms with Crippen LogP contribution in [0.4, 0.5) is 5.13 Å². The number of hydrogen-bond acceptors (Lipinski definition) is 5. The molecule has 1 aromatic heterocycles. The van der Waals surface area contributed by atoms with Gasteiger partial charge in [0.2, 0.25) is 0 Å². The van der Waals surface area contributed by atoms with Crippen molar-refractivity contribution >= 4 is 44.2 Å². The van der Waals surface area contributed by atoms with Gasteiger partial charge >= 0.3 is 0 Å². The molecule has 5 nitrogen and oxygen atoms in total. The summed E-state index contributed by atoms with van der Waals surface area (Å²) in [5, 5.41) is 1.36. The fourth-order valence-corrected chi connectivity index (χ4v) is 4.28. The fourth-order valence-electron chi connectivity index (χ4n) is 3.01. The van der Waals surface area contributed by atoms with Crippen molar-refractivity contribution in [3.05, 3.63) is 53.1 Å². The van der Waals surface area contributed by atoms with Gasteiger partial charge in [0.25, 0.3) is 5.91 Å². The van der Waals surface area contributed by atoms with Crippen molar-refractivity contribution in [1.29, 1.82) is 0 Å². The number of fused-ring (bicyclic) bond motifs is 1. The van der Waals surface area contributed by atoms with E-state index >= 15 is 0 Å². The number of thiazole rings is 1. The first-order valence-electron chi connectivity index (χ1n) is 10.2. The third kappa shape index (κ3) is 5.94. The van der Waals surface area contributed by atoms with E-state index in [0.717, 1.165) is 41.8 Å². The largest absolute Gasteiger partial charge is 0.494 e. The van der Waals surface area contributed by atoms with Crippen molar-refractivity contribution in [2.75, 3.05) is 38.7 Å². The molecule has 3 aromatic rings. The van der Waals surface area contributed by atoms with Gasteiger partial charge in [0.15, 0.2) is 5.13 Å². The van der Waals surface area contributed by atoms with Gasteiger partial charge in [0, 0.05) is 17.1 Å². The molecular weight excluding hydrogens is 418 g/mol. The summed E-state index contributed by atoms with van der Waals surface area (Å²) in [6.07, 6.45) is 2.96. The molecule has 3 rings (SSSR count). The first kappa shape index (κ1) is 22.5. The molecular formula is C23H28ClN3O2S. The number of rotatable bonds is 10. The molecule has 0 aliphatic heterocycles. The van der Waals surface area contributed by atoms with E-state index in [1.54, 1.807) is 4.90 Å². The van der Waals surface area contributed by atoms with Gasteiger partial charge in [-0.15, -0.1) is 0 Å². The van der Waals surface area contributed by atoms with E-state index in [4.69, 9.17) is 21.3 Å². The van der Waals surface area contributed by atoms with Gasteiger partial charge in [-0.1, -0.05) is 36.3 Å². The van der Waals surface area contributed by atoms with Crippen LogP contribution in [0.5, 0.6) is 5.75 Å². The van der Waals surface area contributed by atoms with Gasteiger partial charge in [0.05, 0.1) is 16.8 Å². The molecule has 0 saturated heterocycles. The van der Waals surface area contributed by atoms with E-state index in [2.05, 4.69) is 11.8 Å². The number of unbranched alkanes of at least 4 members (excludes halogenated alkanes) is 1. The van der Waals surface area contributed by atoms with Crippen LogP contribution in [0.25, 0.3) is 10.2 Å². The molecule has 160 valence electrons. The van der Waals surface area contributed by atoms with Gasteiger partial charge in [0.1, 0.15) is 5.75 Å². The Morgan fingerprint density at radius 1 is 1.10 bits per heavy atom. The van der Waals surface area contributed by atoms with E-state index < -0.39 is 0 Å². The standard InChI is InChI=1S/C23H28ClN3O2S/c1-4-5-15-29-19-10-7-17(8-11-19)22(28)27(14-6-13-26(2)3)23-25-20-12-9-18(24)16-21(20)30-23/h7-12,16H,4-6,13-15H2,1-3H3. The third-order valence-electron chi connectivity index (χ3n) is 4.67. The molecule has 1 amide bonds. The molecule has 7 heteroatoms. The predicted molar refractivity (Wildman–Crippen MR) is 126 cm³/mol. The molecule has 0 spiro atoms. The minimum absolute atomic E-state index is 0.0565. The quantitative estimate of drug-likeness (QED) is 0.374. The predicted octanol–water partition coefficient (Wildman–Crippen LogP) is 5.73. The number of benzene rings is 2. The lowest BCUT2D eigenvalue weighted by Gasteiger charge is -2.21. The highest BCUT2D eigenvalue weighted by Crippen LogP contribution is 2.31. The molecule has 0 radical (unpaired) electrons.